The van der Waals surface area contributed by atoms with Gasteiger partial charge in [-0.1, -0.05) is 30.9 Å². The van der Waals surface area contributed by atoms with E-state index in [4.69, 9.17) is 9.47 Å². The molecule has 5 nitrogen and oxygen atoms in total. The first-order chi connectivity index (χ1) is 13.6. The fourth-order valence-corrected chi connectivity index (χ4v) is 4.20. The predicted octanol–water partition coefficient (Wildman–Crippen LogP) is 4.78. The maximum Gasteiger partial charge on any atom is 0.335 e. The number of carbonyl (C=O) groups is 1. The van der Waals surface area contributed by atoms with Crippen molar-refractivity contribution in [3.05, 3.63) is 77.9 Å². The molecule has 0 amide bonds. The van der Waals surface area contributed by atoms with Crippen molar-refractivity contribution in [3.63, 3.8) is 0 Å². The second kappa shape index (κ2) is 7.43. The highest BCUT2D eigenvalue weighted by Gasteiger charge is 2.38. The summed E-state index contributed by atoms with van der Waals surface area (Å²) in [6, 6.07) is 11.4. The van der Waals surface area contributed by atoms with E-state index in [0.717, 1.165) is 23.2 Å². The zero-order valence-corrected chi connectivity index (χ0v) is 15.7. The number of ether oxygens (including phenoxy) is 2. The minimum Gasteiger partial charge on any atom is -0.493 e. The highest BCUT2D eigenvalue weighted by molar-refractivity contribution is 5.89. The fourth-order valence-electron chi connectivity index (χ4n) is 4.20. The van der Waals surface area contributed by atoms with Gasteiger partial charge in [-0.15, -0.1) is 0 Å². The maximum atomic E-state index is 11.4. The van der Waals surface area contributed by atoms with Crippen LogP contribution in [0.3, 0.4) is 0 Å². The maximum absolute atomic E-state index is 11.4. The Labute approximate surface area is 164 Å². The highest BCUT2D eigenvalue weighted by atomic mass is 16.5. The molecule has 1 heterocycles. The first-order valence-corrected chi connectivity index (χ1v) is 9.34. The molecule has 2 aromatic rings. The quantitative estimate of drug-likeness (QED) is 0.709. The fraction of sp³-hybridized carbons (Fsp3) is 0.261. The molecule has 0 saturated heterocycles. The molecule has 2 aromatic carbocycles. The van der Waals surface area contributed by atoms with Crippen LogP contribution in [-0.2, 0) is 0 Å². The average molecular weight is 377 g/mol. The predicted molar refractivity (Wildman–Crippen MR) is 108 cm³/mol. The van der Waals surface area contributed by atoms with E-state index in [1.807, 2.05) is 18.2 Å². The van der Waals surface area contributed by atoms with Crippen molar-refractivity contribution in [2.45, 2.75) is 18.4 Å². The number of allylic oxidation sites excluding steroid dienone is 2. The Hall–Kier alpha value is -3.21. The van der Waals surface area contributed by atoms with Crippen molar-refractivity contribution in [1.29, 1.82) is 0 Å². The van der Waals surface area contributed by atoms with E-state index in [0.29, 0.717) is 29.6 Å². The van der Waals surface area contributed by atoms with Crippen LogP contribution in [-0.4, -0.2) is 24.8 Å². The lowest BCUT2D eigenvalue weighted by Gasteiger charge is -2.37. The van der Waals surface area contributed by atoms with E-state index < -0.39 is 5.97 Å². The van der Waals surface area contributed by atoms with Crippen molar-refractivity contribution in [1.82, 2.24) is 0 Å². The van der Waals surface area contributed by atoms with Crippen LogP contribution < -0.4 is 14.8 Å². The summed E-state index contributed by atoms with van der Waals surface area (Å²) >= 11 is 0. The molecule has 0 bridgehead atoms. The Morgan fingerprint density at radius 1 is 1.29 bits per heavy atom. The number of methoxy groups -OCH3 is 1. The first-order valence-electron chi connectivity index (χ1n) is 9.34. The number of carboxylic acids is 1. The molecular weight excluding hydrogens is 354 g/mol. The lowest BCUT2D eigenvalue weighted by molar-refractivity contribution is 0.0696. The van der Waals surface area contributed by atoms with E-state index in [9.17, 15) is 9.90 Å². The van der Waals surface area contributed by atoms with Gasteiger partial charge in [0.1, 0.15) is 6.61 Å². The number of carboxylic acid groups (broad SMARTS) is 1. The Kier molecular flexibility index (Phi) is 4.82. The van der Waals surface area contributed by atoms with E-state index in [1.54, 1.807) is 25.3 Å². The molecular formula is C23H23NO4. The number of fused-ring (bicyclic) bond motifs is 3. The average Bonchev–Trinajstić information content (AvgIpc) is 3.21. The second-order valence-electron chi connectivity index (χ2n) is 7.09. The molecule has 5 heteroatoms. The number of hydrogen-bond acceptors (Lipinski definition) is 4. The summed E-state index contributed by atoms with van der Waals surface area (Å²) in [5.74, 6) is 0.998. The van der Waals surface area contributed by atoms with Gasteiger partial charge in [-0.2, -0.15) is 0 Å². The highest BCUT2D eigenvalue weighted by Crippen LogP contribution is 2.50. The third-order valence-corrected chi connectivity index (χ3v) is 5.51. The zero-order chi connectivity index (χ0) is 19.7. The summed E-state index contributed by atoms with van der Waals surface area (Å²) in [6.07, 6.45) is 7.02. The number of aromatic carboxylic acids is 1. The number of nitrogens with one attached hydrogen (secondary N) is 1. The van der Waals surface area contributed by atoms with Crippen LogP contribution in [0.4, 0.5) is 5.69 Å². The zero-order valence-electron chi connectivity index (χ0n) is 15.7. The number of anilines is 1. The van der Waals surface area contributed by atoms with Crippen molar-refractivity contribution >= 4 is 11.7 Å². The largest absolute Gasteiger partial charge is 0.493 e. The molecule has 4 rings (SSSR count). The molecule has 0 saturated carbocycles. The van der Waals surface area contributed by atoms with E-state index >= 15 is 0 Å². The van der Waals surface area contributed by atoms with E-state index in [1.165, 1.54) is 0 Å². The SMILES string of the molecule is C=CCOc1ccc([C@@H]2Nc3ccc(C(=O)O)cc3[C@@H]3C=CC[C@@H]32)cc1OC. The van der Waals surface area contributed by atoms with Crippen LogP contribution >= 0.6 is 0 Å². The van der Waals surface area contributed by atoms with Gasteiger partial charge in [0, 0.05) is 11.6 Å². The Morgan fingerprint density at radius 2 is 2.14 bits per heavy atom. The minimum absolute atomic E-state index is 0.102. The van der Waals surface area contributed by atoms with Gasteiger partial charge in [-0.05, 0) is 53.8 Å². The molecule has 0 unspecified atom stereocenters. The summed E-state index contributed by atoms with van der Waals surface area (Å²) in [7, 11) is 1.64. The summed E-state index contributed by atoms with van der Waals surface area (Å²) in [5, 5.41) is 13.0. The lowest BCUT2D eigenvalue weighted by Crippen LogP contribution is -2.29. The van der Waals surface area contributed by atoms with Gasteiger partial charge >= 0.3 is 5.97 Å². The molecule has 1 aliphatic carbocycles. The van der Waals surface area contributed by atoms with Gasteiger partial charge in [0.25, 0.3) is 0 Å². The standard InChI is InChI=1S/C23H23NO4/c1-3-11-28-20-10-8-14(13-21(20)27-2)22-17-6-4-5-16(17)18-12-15(23(25)26)7-9-19(18)24-22/h3-5,7-10,12-13,16-17,22,24H,1,6,11H2,2H3,(H,25,26)/t16-,17+,22+/m1/s1. The Bertz CT molecular complexity index is 950. The molecule has 2 N–H and O–H groups in total. The molecule has 3 atom stereocenters. The van der Waals surface area contributed by atoms with Crippen molar-refractivity contribution < 1.29 is 19.4 Å². The van der Waals surface area contributed by atoms with Gasteiger partial charge < -0.3 is 19.9 Å². The Morgan fingerprint density at radius 3 is 2.89 bits per heavy atom. The molecule has 1 aliphatic heterocycles. The Balaban J connectivity index is 1.70. The van der Waals surface area contributed by atoms with Gasteiger partial charge in [0.05, 0.1) is 18.7 Å². The van der Waals surface area contributed by atoms with Crippen molar-refractivity contribution in [3.8, 4) is 11.5 Å². The summed E-state index contributed by atoms with van der Waals surface area (Å²) in [4.78, 5) is 11.4. The molecule has 0 fully saturated rings. The van der Waals surface area contributed by atoms with E-state index in [-0.39, 0.29) is 12.0 Å². The van der Waals surface area contributed by atoms with Crippen LogP contribution in [0.1, 0.15) is 39.9 Å². The molecule has 0 aromatic heterocycles. The molecule has 2 aliphatic rings. The van der Waals surface area contributed by atoms with Crippen molar-refractivity contribution in [2.75, 3.05) is 19.0 Å². The molecule has 0 spiro atoms. The van der Waals surface area contributed by atoms with Gasteiger partial charge in [0.15, 0.2) is 11.5 Å². The number of benzene rings is 2. The number of hydrogen-bond donors (Lipinski definition) is 2. The van der Waals surface area contributed by atoms with Crippen LogP contribution in [0.5, 0.6) is 11.5 Å². The summed E-state index contributed by atoms with van der Waals surface area (Å²) in [6.45, 7) is 4.10. The van der Waals surface area contributed by atoms with Crippen LogP contribution in [0, 0.1) is 5.92 Å². The van der Waals surface area contributed by atoms with Crippen LogP contribution in [0.25, 0.3) is 0 Å². The first kappa shape index (κ1) is 18.2. The number of rotatable bonds is 6. The lowest BCUT2D eigenvalue weighted by atomic mass is 9.76. The molecule has 28 heavy (non-hydrogen) atoms. The van der Waals surface area contributed by atoms with Gasteiger partial charge in [-0.25, -0.2) is 4.79 Å². The third-order valence-electron chi connectivity index (χ3n) is 5.51. The summed E-state index contributed by atoms with van der Waals surface area (Å²) < 4.78 is 11.2. The van der Waals surface area contributed by atoms with Crippen LogP contribution in [0.2, 0.25) is 0 Å². The monoisotopic (exact) mass is 377 g/mol. The third kappa shape index (κ3) is 3.13. The van der Waals surface area contributed by atoms with E-state index in [2.05, 4.69) is 30.1 Å². The molecule has 144 valence electrons. The molecule has 0 radical (unpaired) electrons. The smallest absolute Gasteiger partial charge is 0.335 e. The topological polar surface area (TPSA) is 67.8 Å². The minimum atomic E-state index is -0.900. The van der Waals surface area contributed by atoms with Crippen molar-refractivity contribution in [2.24, 2.45) is 5.92 Å². The second-order valence-corrected chi connectivity index (χ2v) is 7.09. The normalized spacial score (nSPS) is 22.0. The van der Waals surface area contributed by atoms with Gasteiger partial charge in [-0.3, -0.25) is 0 Å². The van der Waals surface area contributed by atoms with Gasteiger partial charge in [0.2, 0.25) is 0 Å². The van der Waals surface area contributed by atoms with Crippen LogP contribution in [0.15, 0.2) is 61.2 Å². The summed E-state index contributed by atoms with van der Waals surface area (Å²) in [5.41, 5.74) is 3.47.